The van der Waals surface area contributed by atoms with Crippen LogP contribution in [0.4, 0.5) is 5.69 Å². The predicted octanol–water partition coefficient (Wildman–Crippen LogP) is 0.0628. The van der Waals surface area contributed by atoms with E-state index in [2.05, 4.69) is 5.32 Å². The first kappa shape index (κ1) is 17.3. The van der Waals surface area contributed by atoms with Crippen LogP contribution in [-0.2, 0) is 11.3 Å². The van der Waals surface area contributed by atoms with Crippen LogP contribution < -0.4 is 10.1 Å². The molecule has 0 fully saturated rings. The molecular weight excluding hydrogens is 280 g/mol. The van der Waals surface area contributed by atoms with E-state index in [0.717, 1.165) is 5.56 Å². The fourth-order valence-electron chi connectivity index (χ4n) is 1.58. The minimum Gasteiger partial charge on any atom is -0.484 e. The first-order valence-corrected chi connectivity index (χ1v) is 6.47. The van der Waals surface area contributed by atoms with Gasteiger partial charge in [0.15, 0.2) is 5.75 Å². The number of hydrogen-bond donors (Lipinski definition) is 3. The third kappa shape index (κ3) is 6.05. The van der Waals surface area contributed by atoms with Crippen LogP contribution in [0.1, 0.15) is 5.56 Å². The Hall–Kier alpha value is -1.74. The number of nitrogens with one attached hydrogen (secondary N) is 1. The highest BCUT2D eigenvalue weighted by Crippen LogP contribution is 2.28. The van der Waals surface area contributed by atoms with E-state index in [4.69, 9.17) is 14.6 Å². The summed E-state index contributed by atoms with van der Waals surface area (Å²) in [6.45, 7) is 1.07. The summed E-state index contributed by atoms with van der Waals surface area (Å²) in [4.78, 5) is 10.4. The highest BCUT2D eigenvalue weighted by atomic mass is 16.6. The quantitative estimate of drug-likeness (QED) is 0.318. The molecule has 0 aliphatic rings. The Balaban J connectivity index is 2.73. The molecule has 0 aliphatic heterocycles. The number of ether oxygens (including phenoxy) is 2. The lowest BCUT2D eigenvalue weighted by Gasteiger charge is -2.11. The van der Waals surface area contributed by atoms with E-state index in [1.807, 2.05) is 0 Å². The van der Waals surface area contributed by atoms with E-state index < -0.39 is 17.6 Å². The summed E-state index contributed by atoms with van der Waals surface area (Å²) in [6.07, 6.45) is -1.08. The summed E-state index contributed by atoms with van der Waals surface area (Å²) >= 11 is 0. The van der Waals surface area contributed by atoms with Gasteiger partial charge in [-0.15, -0.1) is 0 Å². The molecule has 21 heavy (non-hydrogen) atoms. The Bertz CT molecular complexity index is 454. The van der Waals surface area contributed by atoms with Crippen molar-refractivity contribution in [1.29, 1.82) is 0 Å². The number of benzene rings is 1. The van der Waals surface area contributed by atoms with Crippen molar-refractivity contribution in [2.75, 3.05) is 33.5 Å². The van der Waals surface area contributed by atoms with Gasteiger partial charge in [-0.05, 0) is 11.6 Å². The Morgan fingerprint density at radius 3 is 2.86 bits per heavy atom. The van der Waals surface area contributed by atoms with E-state index in [0.29, 0.717) is 19.7 Å². The monoisotopic (exact) mass is 300 g/mol. The van der Waals surface area contributed by atoms with Crippen molar-refractivity contribution in [3.63, 3.8) is 0 Å². The lowest BCUT2D eigenvalue weighted by molar-refractivity contribution is -0.385. The van der Waals surface area contributed by atoms with E-state index in [1.54, 1.807) is 19.2 Å². The molecular formula is C13H20N2O6. The summed E-state index contributed by atoms with van der Waals surface area (Å²) in [5, 5.41) is 32.0. The number of aliphatic hydroxyl groups excluding tert-OH is 2. The number of rotatable bonds is 10. The van der Waals surface area contributed by atoms with Gasteiger partial charge in [-0.1, -0.05) is 6.07 Å². The number of aliphatic hydroxyl groups is 2. The first-order chi connectivity index (χ1) is 10.1. The van der Waals surface area contributed by atoms with Crippen molar-refractivity contribution < 1.29 is 24.6 Å². The van der Waals surface area contributed by atoms with Crippen molar-refractivity contribution in [1.82, 2.24) is 5.32 Å². The maximum Gasteiger partial charge on any atom is 0.310 e. The normalized spacial score (nSPS) is 12.1. The fraction of sp³-hybridized carbons (Fsp3) is 0.538. The molecule has 1 unspecified atom stereocenters. The molecule has 0 aliphatic carbocycles. The molecule has 0 amide bonds. The van der Waals surface area contributed by atoms with E-state index in [1.165, 1.54) is 6.07 Å². The number of nitrogens with zero attached hydrogens (tertiary/aromatic N) is 1. The summed E-state index contributed by atoms with van der Waals surface area (Å²) < 4.78 is 10.1. The topological polar surface area (TPSA) is 114 Å². The van der Waals surface area contributed by atoms with Gasteiger partial charge < -0.3 is 25.0 Å². The van der Waals surface area contributed by atoms with Gasteiger partial charge in [-0.3, -0.25) is 10.1 Å². The van der Waals surface area contributed by atoms with Crippen molar-refractivity contribution in [3.8, 4) is 5.75 Å². The van der Waals surface area contributed by atoms with Gasteiger partial charge in [-0.25, -0.2) is 0 Å². The minimum absolute atomic E-state index is 0.0681. The van der Waals surface area contributed by atoms with Crippen LogP contribution in [0.25, 0.3) is 0 Å². The Labute approximate surface area is 122 Å². The number of hydrogen-bond acceptors (Lipinski definition) is 7. The molecule has 3 N–H and O–H groups in total. The molecule has 0 aromatic heterocycles. The van der Waals surface area contributed by atoms with Crippen molar-refractivity contribution >= 4 is 5.69 Å². The van der Waals surface area contributed by atoms with Gasteiger partial charge in [0.2, 0.25) is 0 Å². The average Bonchev–Trinajstić information content (AvgIpc) is 2.49. The van der Waals surface area contributed by atoms with Crippen molar-refractivity contribution in [2.45, 2.75) is 12.6 Å². The standard InChI is InChI=1S/C13H20N2O6/c1-20-5-4-14-7-10-2-3-12(15(18)19)13(6-10)21-9-11(17)8-16/h2-3,6,11,14,16-17H,4-5,7-9H2,1H3. The van der Waals surface area contributed by atoms with E-state index in [-0.39, 0.29) is 18.0 Å². The van der Waals surface area contributed by atoms with Crippen LogP contribution in [0.15, 0.2) is 18.2 Å². The number of nitro benzene ring substituents is 1. The predicted molar refractivity (Wildman–Crippen MR) is 75.3 cm³/mol. The number of nitro groups is 1. The van der Waals surface area contributed by atoms with Crippen LogP contribution >= 0.6 is 0 Å². The van der Waals surface area contributed by atoms with E-state index in [9.17, 15) is 15.2 Å². The molecule has 8 nitrogen and oxygen atoms in total. The summed E-state index contributed by atoms with van der Waals surface area (Å²) in [5.74, 6) is 0.0681. The molecule has 0 saturated carbocycles. The van der Waals surface area contributed by atoms with Gasteiger partial charge in [0, 0.05) is 26.3 Å². The van der Waals surface area contributed by atoms with Crippen molar-refractivity contribution in [2.24, 2.45) is 0 Å². The van der Waals surface area contributed by atoms with Crippen LogP contribution in [0, 0.1) is 10.1 Å². The zero-order chi connectivity index (χ0) is 15.7. The third-order valence-corrected chi connectivity index (χ3v) is 2.67. The fourth-order valence-corrected chi connectivity index (χ4v) is 1.58. The second-order valence-corrected chi connectivity index (χ2v) is 4.38. The van der Waals surface area contributed by atoms with Gasteiger partial charge in [-0.2, -0.15) is 0 Å². The second-order valence-electron chi connectivity index (χ2n) is 4.38. The summed E-state index contributed by atoms with van der Waals surface area (Å²) in [7, 11) is 1.60. The minimum atomic E-state index is -1.08. The molecule has 1 aromatic carbocycles. The maximum atomic E-state index is 10.9. The van der Waals surface area contributed by atoms with Gasteiger partial charge in [0.25, 0.3) is 0 Å². The lowest BCUT2D eigenvalue weighted by Crippen LogP contribution is -2.22. The molecule has 118 valence electrons. The Morgan fingerprint density at radius 1 is 1.48 bits per heavy atom. The number of methoxy groups -OCH3 is 1. The molecule has 0 bridgehead atoms. The zero-order valence-corrected chi connectivity index (χ0v) is 11.8. The maximum absolute atomic E-state index is 10.9. The van der Waals surface area contributed by atoms with E-state index >= 15 is 0 Å². The third-order valence-electron chi connectivity index (χ3n) is 2.67. The summed E-state index contributed by atoms with van der Waals surface area (Å²) in [5.41, 5.74) is 0.631. The molecule has 1 rings (SSSR count). The van der Waals surface area contributed by atoms with Crippen LogP contribution in [0.2, 0.25) is 0 Å². The molecule has 1 atom stereocenters. The summed E-state index contributed by atoms with van der Waals surface area (Å²) in [6, 6.07) is 4.53. The first-order valence-electron chi connectivity index (χ1n) is 6.47. The smallest absolute Gasteiger partial charge is 0.310 e. The zero-order valence-electron chi connectivity index (χ0n) is 11.8. The largest absolute Gasteiger partial charge is 0.484 e. The molecule has 0 saturated heterocycles. The molecule has 8 heteroatoms. The van der Waals surface area contributed by atoms with Crippen LogP contribution in [-0.4, -0.2) is 54.7 Å². The lowest BCUT2D eigenvalue weighted by atomic mass is 10.2. The SMILES string of the molecule is COCCNCc1ccc([N+](=O)[O-])c(OCC(O)CO)c1. The Kier molecular flexibility index (Phi) is 7.62. The molecule has 0 heterocycles. The van der Waals surface area contributed by atoms with Gasteiger partial charge >= 0.3 is 5.69 Å². The van der Waals surface area contributed by atoms with Gasteiger partial charge in [0.1, 0.15) is 12.7 Å². The molecule has 1 aromatic rings. The van der Waals surface area contributed by atoms with Crippen molar-refractivity contribution in [3.05, 3.63) is 33.9 Å². The Morgan fingerprint density at radius 2 is 2.24 bits per heavy atom. The molecule has 0 spiro atoms. The van der Waals surface area contributed by atoms with Gasteiger partial charge in [0.05, 0.1) is 18.1 Å². The molecule has 0 radical (unpaired) electrons. The highest BCUT2D eigenvalue weighted by molar-refractivity contribution is 5.48. The van der Waals surface area contributed by atoms with Crippen LogP contribution in [0.5, 0.6) is 5.75 Å². The highest BCUT2D eigenvalue weighted by Gasteiger charge is 2.16. The second kappa shape index (κ2) is 9.24. The average molecular weight is 300 g/mol. The van der Waals surface area contributed by atoms with Crippen LogP contribution in [0.3, 0.4) is 0 Å².